The molecule has 0 saturated heterocycles. The molecule has 172 valence electrons. The van der Waals surface area contributed by atoms with Crippen LogP contribution in [-0.4, -0.2) is 15.0 Å². The van der Waals surface area contributed by atoms with Crippen molar-refractivity contribution in [2.24, 2.45) is 0 Å². The van der Waals surface area contributed by atoms with Gasteiger partial charge in [0, 0.05) is 11.4 Å². The first-order chi connectivity index (χ1) is 17.2. The maximum atomic E-state index is 6.15. The van der Waals surface area contributed by atoms with E-state index in [-0.39, 0.29) is 0 Å². The second-order valence-electron chi connectivity index (χ2n) is 7.71. The number of hydrogen-bond donors (Lipinski definition) is 4. The van der Waals surface area contributed by atoms with Gasteiger partial charge in [-0.2, -0.15) is 15.0 Å². The summed E-state index contributed by atoms with van der Waals surface area (Å²) in [7, 11) is 0. The lowest BCUT2D eigenvalue weighted by atomic mass is 10.2. The van der Waals surface area contributed by atoms with Gasteiger partial charge >= 0.3 is 0 Å². The van der Waals surface area contributed by atoms with E-state index < -0.39 is 0 Å². The summed E-state index contributed by atoms with van der Waals surface area (Å²) in [5, 5.41) is 6.45. The van der Waals surface area contributed by atoms with Crippen LogP contribution in [0.2, 0.25) is 0 Å². The molecule has 4 aromatic carbocycles. The van der Waals surface area contributed by atoms with Crippen molar-refractivity contribution in [3.8, 4) is 0 Å². The molecule has 5 rings (SSSR count). The molecule has 0 bridgehead atoms. The molecule has 5 aromatic rings. The minimum atomic E-state index is 0.335. The third-order valence-corrected chi connectivity index (χ3v) is 5.27. The number of nitrogens with zero attached hydrogens (tertiary/aromatic N) is 4. The van der Waals surface area contributed by atoms with Crippen molar-refractivity contribution in [3.05, 3.63) is 109 Å². The number of nitrogens with one attached hydrogen (secondary N) is 2. The van der Waals surface area contributed by atoms with E-state index >= 15 is 0 Å². The van der Waals surface area contributed by atoms with Gasteiger partial charge in [0.15, 0.2) is 0 Å². The SMILES string of the molecule is Nc1ccccc1Nc1nc(Nc2ccccc2N)nc(N(c2ccccc2)c2ccccc2)n1. The molecular formula is C27H24N8. The van der Waals surface area contributed by atoms with Gasteiger partial charge in [-0.15, -0.1) is 0 Å². The quantitative estimate of drug-likeness (QED) is 0.219. The molecule has 0 aliphatic carbocycles. The van der Waals surface area contributed by atoms with Crippen LogP contribution in [0.25, 0.3) is 0 Å². The third kappa shape index (κ3) is 4.96. The lowest BCUT2D eigenvalue weighted by Crippen LogP contribution is -2.16. The Hall–Kier alpha value is -5.11. The van der Waals surface area contributed by atoms with E-state index in [1.807, 2.05) is 114 Å². The van der Waals surface area contributed by atoms with Gasteiger partial charge in [0.1, 0.15) is 0 Å². The standard InChI is InChI=1S/C27H24N8/c28-21-15-7-9-17-23(21)30-25-32-26(31-24-18-10-8-16-22(24)29)34-27(33-25)35(19-11-3-1-4-12-19)20-13-5-2-6-14-20/h1-18H,28-29H2,(H2,30,31,32,33,34). The zero-order valence-electron chi connectivity index (χ0n) is 18.8. The number of para-hydroxylation sites is 6. The third-order valence-electron chi connectivity index (χ3n) is 5.27. The largest absolute Gasteiger partial charge is 0.397 e. The van der Waals surface area contributed by atoms with Crippen LogP contribution in [0.1, 0.15) is 0 Å². The number of benzene rings is 4. The highest BCUT2D eigenvalue weighted by molar-refractivity contribution is 5.76. The zero-order chi connectivity index (χ0) is 24.0. The lowest BCUT2D eigenvalue weighted by molar-refractivity contribution is 1.02. The van der Waals surface area contributed by atoms with Crippen LogP contribution in [0.3, 0.4) is 0 Å². The van der Waals surface area contributed by atoms with Crippen LogP contribution in [0.4, 0.5) is 52.0 Å². The molecule has 0 saturated carbocycles. The molecule has 6 N–H and O–H groups in total. The van der Waals surface area contributed by atoms with E-state index in [1.165, 1.54) is 0 Å². The molecule has 0 radical (unpaired) electrons. The summed E-state index contributed by atoms with van der Waals surface area (Å²) < 4.78 is 0. The molecule has 0 spiro atoms. The van der Waals surface area contributed by atoms with Crippen molar-refractivity contribution in [3.63, 3.8) is 0 Å². The molecule has 8 nitrogen and oxygen atoms in total. The molecule has 0 aliphatic heterocycles. The Morgan fingerprint density at radius 1 is 0.486 bits per heavy atom. The normalized spacial score (nSPS) is 10.5. The van der Waals surface area contributed by atoms with Gasteiger partial charge in [0.25, 0.3) is 0 Å². The highest BCUT2D eigenvalue weighted by Crippen LogP contribution is 2.34. The van der Waals surface area contributed by atoms with Crippen molar-refractivity contribution in [1.29, 1.82) is 0 Å². The van der Waals surface area contributed by atoms with Crippen molar-refractivity contribution in [2.75, 3.05) is 27.0 Å². The Morgan fingerprint density at radius 2 is 0.886 bits per heavy atom. The lowest BCUT2D eigenvalue weighted by Gasteiger charge is -2.24. The van der Waals surface area contributed by atoms with Crippen molar-refractivity contribution in [1.82, 2.24) is 15.0 Å². The second kappa shape index (κ2) is 9.80. The molecule has 8 heteroatoms. The summed E-state index contributed by atoms with van der Waals surface area (Å²) in [6, 6.07) is 34.7. The minimum Gasteiger partial charge on any atom is -0.397 e. The maximum Gasteiger partial charge on any atom is 0.241 e. The first-order valence-corrected chi connectivity index (χ1v) is 11.1. The van der Waals surface area contributed by atoms with E-state index in [1.54, 1.807) is 0 Å². The van der Waals surface area contributed by atoms with E-state index in [0.717, 1.165) is 11.4 Å². The molecule has 0 amide bonds. The van der Waals surface area contributed by atoms with Crippen LogP contribution in [-0.2, 0) is 0 Å². The predicted molar refractivity (Wildman–Crippen MR) is 143 cm³/mol. The molecule has 1 aromatic heterocycles. The first kappa shape index (κ1) is 21.7. The average molecular weight is 461 g/mol. The second-order valence-corrected chi connectivity index (χ2v) is 7.71. The Kier molecular flexibility index (Phi) is 6.08. The fraction of sp³-hybridized carbons (Fsp3) is 0. The van der Waals surface area contributed by atoms with Crippen molar-refractivity contribution >= 4 is 52.0 Å². The molecule has 0 unspecified atom stereocenters. The van der Waals surface area contributed by atoms with Crippen LogP contribution >= 0.6 is 0 Å². The molecule has 0 fully saturated rings. The summed E-state index contributed by atoms with van der Waals surface area (Å²) in [5.41, 5.74) is 16.7. The number of nitrogens with two attached hydrogens (primary N) is 2. The topological polar surface area (TPSA) is 118 Å². The fourth-order valence-electron chi connectivity index (χ4n) is 3.57. The number of hydrogen-bond acceptors (Lipinski definition) is 8. The van der Waals surface area contributed by atoms with Crippen molar-refractivity contribution in [2.45, 2.75) is 0 Å². The number of anilines is 9. The molecule has 0 atom stereocenters. The van der Waals surface area contributed by atoms with Gasteiger partial charge in [0.2, 0.25) is 17.8 Å². The van der Waals surface area contributed by atoms with Crippen LogP contribution in [0, 0.1) is 0 Å². The van der Waals surface area contributed by atoms with Gasteiger partial charge in [-0.3, -0.25) is 4.90 Å². The van der Waals surface area contributed by atoms with E-state index in [9.17, 15) is 0 Å². The van der Waals surface area contributed by atoms with Gasteiger partial charge in [0.05, 0.1) is 22.7 Å². The highest BCUT2D eigenvalue weighted by atomic mass is 15.3. The number of nitrogen functional groups attached to an aromatic ring is 2. The van der Waals surface area contributed by atoms with Gasteiger partial charge in [-0.05, 0) is 48.5 Å². The Bertz CT molecular complexity index is 1320. The molecule has 0 aliphatic rings. The predicted octanol–water partition coefficient (Wildman–Crippen LogP) is 5.99. The summed E-state index contributed by atoms with van der Waals surface area (Å²) in [6.45, 7) is 0. The van der Waals surface area contributed by atoms with E-state index in [0.29, 0.717) is 40.6 Å². The molecular weight excluding hydrogens is 436 g/mol. The monoisotopic (exact) mass is 460 g/mol. The fourth-order valence-corrected chi connectivity index (χ4v) is 3.57. The van der Waals surface area contributed by atoms with Gasteiger partial charge in [-0.25, -0.2) is 0 Å². The summed E-state index contributed by atoms with van der Waals surface area (Å²) in [6.07, 6.45) is 0. The summed E-state index contributed by atoms with van der Waals surface area (Å²) in [5.74, 6) is 1.09. The average Bonchev–Trinajstić information content (AvgIpc) is 2.88. The van der Waals surface area contributed by atoms with Crippen LogP contribution in [0.5, 0.6) is 0 Å². The highest BCUT2D eigenvalue weighted by Gasteiger charge is 2.18. The van der Waals surface area contributed by atoms with E-state index in [4.69, 9.17) is 21.4 Å². The summed E-state index contributed by atoms with van der Waals surface area (Å²) >= 11 is 0. The smallest absolute Gasteiger partial charge is 0.241 e. The Labute approximate surface area is 203 Å². The van der Waals surface area contributed by atoms with Gasteiger partial charge in [-0.1, -0.05) is 60.7 Å². The van der Waals surface area contributed by atoms with Crippen LogP contribution < -0.4 is 27.0 Å². The first-order valence-electron chi connectivity index (χ1n) is 11.1. The molecule has 35 heavy (non-hydrogen) atoms. The summed E-state index contributed by atoms with van der Waals surface area (Å²) in [4.78, 5) is 16.1. The van der Waals surface area contributed by atoms with E-state index in [2.05, 4.69) is 15.6 Å². The molecule has 1 heterocycles. The Balaban J connectivity index is 1.64. The zero-order valence-corrected chi connectivity index (χ0v) is 18.8. The Morgan fingerprint density at radius 3 is 1.31 bits per heavy atom. The van der Waals surface area contributed by atoms with Crippen molar-refractivity contribution < 1.29 is 0 Å². The van der Waals surface area contributed by atoms with Crippen LogP contribution in [0.15, 0.2) is 109 Å². The minimum absolute atomic E-state index is 0.335. The van der Waals surface area contributed by atoms with Gasteiger partial charge < -0.3 is 22.1 Å². The number of rotatable bonds is 7. The maximum absolute atomic E-state index is 6.15. The number of aromatic nitrogens is 3.